The zero-order chi connectivity index (χ0) is 14.8. The number of hydrogen-bond acceptors (Lipinski definition) is 3. The number of primary amides is 1. The highest BCUT2D eigenvalue weighted by Gasteiger charge is 2.06. The van der Waals surface area contributed by atoms with Gasteiger partial charge in [-0.05, 0) is 25.5 Å². The zero-order valence-corrected chi connectivity index (χ0v) is 15.0. The standard InChI is InChI=1S/C14H24N4O2.HI/c1-3-5-6-9-17-14(16-4-2)18-10-11-7-8-12(20-11)13(15)19;/h7-8H,3-6,9-10H2,1-2H3,(H2,15,19)(H2,16,17,18);1H. The van der Waals surface area contributed by atoms with Gasteiger partial charge in [0.25, 0.3) is 5.91 Å². The van der Waals surface area contributed by atoms with E-state index in [-0.39, 0.29) is 29.7 Å². The average molecular weight is 408 g/mol. The van der Waals surface area contributed by atoms with Gasteiger partial charge in [-0.2, -0.15) is 0 Å². The number of rotatable bonds is 8. The maximum atomic E-state index is 10.9. The summed E-state index contributed by atoms with van der Waals surface area (Å²) in [6, 6.07) is 3.28. The second-order valence-electron chi connectivity index (χ2n) is 4.46. The van der Waals surface area contributed by atoms with Crippen molar-refractivity contribution in [3.63, 3.8) is 0 Å². The van der Waals surface area contributed by atoms with Crippen LogP contribution in [-0.4, -0.2) is 25.0 Å². The monoisotopic (exact) mass is 408 g/mol. The third kappa shape index (κ3) is 7.93. The second kappa shape index (κ2) is 11.4. The molecule has 1 amide bonds. The van der Waals surface area contributed by atoms with Crippen molar-refractivity contribution in [2.24, 2.45) is 10.7 Å². The van der Waals surface area contributed by atoms with Gasteiger partial charge in [0, 0.05) is 13.1 Å². The number of halogens is 1. The highest BCUT2D eigenvalue weighted by molar-refractivity contribution is 14.0. The van der Waals surface area contributed by atoms with Gasteiger partial charge in [-0.1, -0.05) is 19.8 Å². The van der Waals surface area contributed by atoms with Crippen molar-refractivity contribution < 1.29 is 9.21 Å². The molecule has 0 aliphatic carbocycles. The summed E-state index contributed by atoms with van der Waals surface area (Å²) in [5.74, 6) is 0.964. The van der Waals surface area contributed by atoms with E-state index < -0.39 is 5.91 Å². The molecule has 0 atom stereocenters. The first-order valence-corrected chi connectivity index (χ1v) is 7.08. The highest BCUT2D eigenvalue weighted by atomic mass is 127. The normalized spacial score (nSPS) is 10.9. The Bertz CT molecular complexity index is 446. The number of guanidine groups is 1. The van der Waals surface area contributed by atoms with Crippen molar-refractivity contribution in [3.05, 3.63) is 23.7 Å². The smallest absolute Gasteiger partial charge is 0.284 e. The van der Waals surface area contributed by atoms with Gasteiger partial charge in [0.2, 0.25) is 0 Å². The minimum atomic E-state index is -0.565. The van der Waals surface area contributed by atoms with E-state index >= 15 is 0 Å². The molecule has 7 heteroatoms. The lowest BCUT2D eigenvalue weighted by molar-refractivity contribution is 0.0972. The van der Waals surface area contributed by atoms with Gasteiger partial charge in [-0.3, -0.25) is 4.79 Å². The first-order valence-electron chi connectivity index (χ1n) is 7.08. The first-order chi connectivity index (χ1) is 9.67. The van der Waals surface area contributed by atoms with Crippen molar-refractivity contribution in [3.8, 4) is 0 Å². The van der Waals surface area contributed by atoms with Crippen LogP contribution in [-0.2, 0) is 6.54 Å². The number of nitrogens with two attached hydrogens (primary N) is 1. The quantitative estimate of drug-likeness (QED) is 0.266. The Kier molecular flexibility index (Phi) is 10.7. The van der Waals surface area contributed by atoms with Crippen LogP contribution in [0.4, 0.5) is 0 Å². The molecule has 0 fully saturated rings. The maximum absolute atomic E-state index is 10.9. The van der Waals surface area contributed by atoms with E-state index in [4.69, 9.17) is 10.2 Å². The summed E-state index contributed by atoms with van der Waals surface area (Å²) in [5.41, 5.74) is 5.13. The number of unbranched alkanes of at least 4 members (excludes halogenated alkanes) is 2. The van der Waals surface area contributed by atoms with Crippen LogP contribution in [0.1, 0.15) is 49.4 Å². The molecule has 120 valence electrons. The molecule has 0 saturated carbocycles. The predicted octanol–water partition coefficient (Wildman–Crippen LogP) is 2.24. The van der Waals surface area contributed by atoms with Gasteiger partial charge in [0.1, 0.15) is 12.3 Å². The van der Waals surface area contributed by atoms with Gasteiger partial charge in [-0.25, -0.2) is 4.99 Å². The number of aliphatic imine (C=N–C) groups is 1. The molecule has 6 nitrogen and oxygen atoms in total. The van der Waals surface area contributed by atoms with Crippen molar-refractivity contribution in [2.75, 3.05) is 13.1 Å². The van der Waals surface area contributed by atoms with Crippen molar-refractivity contribution in [2.45, 2.75) is 39.7 Å². The summed E-state index contributed by atoms with van der Waals surface area (Å²) in [7, 11) is 0. The minimum Gasteiger partial charge on any atom is -0.454 e. The number of nitrogens with zero attached hydrogens (tertiary/aromatic N) is 1. The largest absolute Gasteiger partial charge is 0.454 e. The Morgan fingerprint density at radius 3 is 2.62 bits per heavy atom. The number of furan rings is 1. The average Bonchev–Trinajstić information content (AvgIpc) is 2.90. The molecular weight excluding hydrogens is 383 g/mol. The predicted molar refractivity (Wildman–Crippen MR) is 95.0 cm³/mol. The highest BCUT2D eigenvalue weighted by Crippen LogP contribution is 2.08. The third-order valence-electron chi connectivity index (χ3n) is 2.71. The third-order valence-corrected chi connectivity index (χ3v) is 2.71. The zero-order valence-electron chi connectivity index (χ0n) is 12.6. The molecule has 0 aliphatic rings. The van der Waals surface area contributed by atoms with Crippen molar-refractivity contribution in [1.29, 1.82) is 0 Å². The molecule has 0 aliphatic heterocycles. The van der Waals surface area contributed by atoms with Gasteiger partial charge in [0.15, 0.2) is 11.7 Å². The molecule has 0 unspecified atom stereocenters. The summed E-state index contributed by atoms with van der Waals surface area (Å²) in [6.07, 6.45) is 3.51. The van der Waals surface area contributed by atoms with Crippen molar-refractivity contribution in [1.82, 2.24) is 10.6 Å². The topological polar surface area (TPSA) is 92.6 Å². The number of carbonyl (C=O) groups is 1. The molecule has 1 rings (SSSR count). The van der Waals surface area contributed by atoms with Gasteiger partial charge in [0.05, 0.1) is 0 Å². The van der Waals surface area contributed by atoms with Crippen LogP contribution in [0.25, 0.3) is 0 Å². The first kappa shape index (κ1) is 19.8. The Balaban J connectivity index is 0.00000400. The molecule has 0 spiro atoms. The fourth-order valence-corrected chi connectivity index (χ4v) is 1.68. The van der Waals surface area contributed by atoms with Crippen LogP contribution >= 0.6 is 24.0 Å². The molecule has 1 aromatic heterocycles. The van der Waals surface area contributed by atoms with Crippen LogP contribution in [0.2, 0.25) is 0 Å². The Hall–Kier alpha value is -1.25. The molecule has 0 saturated heterocycles. The van der Waals surface area contributed by atoms with E-state index in [9.17, 15) is 4.79 Å². The number of hydrogen-bond donors (Lipinski definition) is 3. The molecule has 4 N–H and O–H groups in total. The fraction of sp³-hybridized carbons (Fsp3) is 0.571. The van der Waals surface area contributed by atoms with Gasteiger partial charge in [-0.15, -0.1) is 24.0 Å². The molecule has 0 radical (unpaired) electrons. The van der Waals surface area contributed by atoms with Gasteiger partial charge < -0.3 is 20.8 Å². The molecule has 0 aromatic carbocycles. The lowest BCUT2D eigenvalue weighted by Crippen LogP contribution is -2.37. The summed E-state index contributed by atoms with van der Waals surface area (Å²) in [5, 5.41) is 6.43. The Morgan fingerprint density at radius 2 is 2.05 bits per heavy atom. The van der Waals surface area contributed by atoms with E-state index in [1.807, 2.05) is 6.92 Å². The lowest BCUT2D eigenvalue weighted by Gasteiger charge is -2.10. The Morgan fingerprint density at radius 1 is 1.29 bits per heavy atom. The van der Waals surface area contributed by atoms with Crippen LogP contribution in [0.5, 0.6) is 0 Å². The van der Waals surface area contributed by atoms with E-state index in [0.717, 1.165) is 25.5 Å². The number of amides is 1. The summed E-state index contributed by atoms with van der Waals surface area (Å²) < 4.78 is 5.28. The molecule has 1 aromatic rings. The van der Waals surface area contributed by atoms with Crippen LogP contribution in [0.15, 0.2) is 21.5 Å². The number of carbonyl (C=O) groups excluding carboxylic acids is 1. The van der Waals surface area contributed by atoms with E-state index in [1.54, 1.807) is 12.1 Å². The van der Waals surface area contributed by atoms with Crippen LogP contribution < -0.4 is 16.4 Å². The molecule has 1 heterocycles. The lowest BCUT2D eigenvalue weighted by atomic mass is 10.2. The molecule has 0 bridgehead atoms. The SMILES string of the molecule is CCCCCNC(=NCc1ccc(C(N)=O)o1)NCC.I. The summed E-state index contributed by atoms with van der Waals surface area (Å²) >= 11 is 0. The van der Waals surface area contributed by atoms with E-state index in [0.29, 0.717) is 12.3 Å². The second-order valence-corrected chi connectivity index (χ2v) is 4.46. The van der Waals surface area contributed by atoms with E-state index in [1.165, 1.54) is 12.8 Å². The van der Waals surface area contributed by atoms with Gasteiger partial charge >= 0.3 is 0 Å². The fourth-order valence-electron chi connectivity index (χ4n) is 1.68. The number of nitrogens with one attached hydrogen (secondary N) is 2. The maximum Gasteiger partial charge on any atom is 0.284 e. The minimum absolute atomic E-state index is 0. The summed E-state index contributed by atoms with van der Waals surface area (Å²) in [6.45, 7) is 6.25. The van der Waals surface area contributed by atoms with Crippen LogP contribution in [0.3, 0.4) is 0 Å². The van der Waals surface area contributed by atoms with Crippen LogP contribution in [0, 0.1) is 0 Å². The Labute approximate surface area is 143 Å². The molecular formula is C14H25IN4O2. The van der Waals surface area contributed by atoms with E-state index in [2.05, 4.69) is 22.5 Å². The van der Waals surface area contributed by atoms with Crippen molar-refractivity contribution >= 4 is 35.8 Å². The molecule has 21 heavy (non-hydrogen) atoms. The summed E-state index contributed by atoms with van der Waals surface area (Å²) in [4.78, 5) is 15.3.